The summed E-state index contributed by atoms with van der Waals surface area (Å²) in [6, 6.07) is 3.62. The Morgan fingerprint density at radius 3 is 1.20 bits per heavy atom. The minimum atomic E-state index is 0.589. The maximum Gasteiger partial charge on any atom is 0.146 e. The Balaban J connectivity index is 2.19. The van der Waals surface area contributed by atoms with E-state index < -0.39 is 0 Å². The van der Waals surface area contributed by atoms with Crippen molar-refractivity contribution < 1.29 is 9.47 Å². The average Bonchev–Trinajstić information content (AvgIpc) is 2.73. The molecule has 0 aliphatic rings. The van der Waals surface area contributed by atoms with Gasteiger partial charge in [-0.25, -0.2) is 0 Å². The first-order valence-electron chi connectivity index (χ1n) is 12.6. The fourth-order valence-corrected chi connectivity index (χ4v) is 3.68. The molecule has 4 N–H and O–H groups in total. The Morgan fingerprint density at radius 1 is 0.500 bits per heavy atom. The van der Waals surface area contributed by atoms with Crippen molar-refractivity contribution >= 4 is 11.4 Å². The van der Waals surface area contributed by atoms with Crippen molar-refractivity contribution in [1.29, 1.82) is 0 Å². The molecule has 0 radical (unpaired) electrons. The van der Waals surface area contributed by atoms with Crippen LogP contribution in [-0.2, 0) is 0 Å². The molecule has 0 aliphatic heterocycles. The minimum Gasteiger partial charge on any atom is -0.491 e. The molecule has 0 bridgehead atoms. The highest BCUT2D eigenvalue weighted by molar-refractivity contribution is 5.67. The molecule has 1 aromatic carbocycles. The monoisotopic (exact) mass is 420 g/mol. The van der Waals surface area contributed by atoms with Gasteiger partial charge in [0.05, 0.1) is 24.6 Å². The summed E-state index contributed by atoms with van der Waals surface area (Å²) in [5.41, 5.74) is 13.3. The summed E-state index contributed by atoms with van der Waals surface area (Å²) in [6.07, 6.45) is 20.6. The van der Waals surface area contributed by atoms with Crippen LogP contribution >= 0.6 is 0 Å². The number of ether oxygens (including phenoxy) is 2. The highest BCUT2D eigenvalue weighted by Crippen LogP contribution is 2.33. The zero-order valence-corrected chi connectivity index (χ0v) is 19.9. The first-order chi connectivity index (χ1) is 14.7. The first kappa shape index (κ1) is 26.5. The second-order valence-corrected chi connectivity index (χ2v) is 8.57. The molecule has 0 atom stereocenters. The quantitative estimate of drug-likeness (QED) is 0.166. The lowest BCUT2D eigenvalue weighted by atomic mass is 10.1. The second kappa shape index (κ2) is 18.2. The van der Waals surface area contributed by atoms with Gasteiger partial charge in [0.2, 0.25) is 0 Å². The molecule has 0 saturated carbocycles. The van der Waals surface area contributed by atoms with Gasteiger partial charge in [-0.2, -0.15) is 0 Å². The molecule has 0 fully saturated rings. The smallest absolute Gasteiger partial charge is 0.146 e. The molecule has 1 rings (SSSR count). The van der Waals surface area contributed by atoms with Crippen LogP contribution in [0.4, 0.5) is 11.4 Å². The standard InChI is InChI=1S/C26H48N2O2/c1-3-5-7-9-11-13-15-17-19-29-25-22-26(24(28)21-23(25)27)30-20-18-16-14-12-10-8-6-4-2/h21-22H,3-20,27-28H2,1-2H3. The van der Waals surface area contributed by atoms with Crippen LogP contribution in [-0.4, -0.2) is 13.2 Å². The van der Waals surface area contributed by atoms with Gasteiger partial charge in [0.25, 0.3) is 0 Å². The van der Waals surface area contributed by atoms with Gasteiger partial charge >= 0.3 is 0 Å². The molecular weight excluding hydrogens is 372 g/mol. The molecule has 0 amide bonds. The Hall–Kier alpha value is -1.58. The summed E-state index contributed by atoms with van der Waals surface area (Å²) in [5.74, 6) is 1.39. The van der Waals surface area contributed by atoms with E-state index >= 15 is 0 Å². The third kappa shape index (κ3) is 12.9. The molecule has 0 saturated heterocycles. The largest absolute Gasteiger partial charge is 0.491 e. The number of unbranched alkanes of at least 4 members (excludes halogenated alkanes) is 14. The number of nitrogen functional groups attached to an aromatic ring is 2. The van der Waals surface area contributed by atoms with E-state index in [0.29, 0.717) is 36.1 Å². The number of anilines is 2. The maximum absolute atomic E-state index is 6.08. The lowest BCUT2D eigenvalue weighted by molar-refractivity contribution is 0.291. The van der Waals surface area contributed by atoms with E-state index in [0.717, 1.165) is 12.8 Å². The van der Waals surface area contributed by atoms with Crippen LogP contribution in [0.1, 0.15) is 117 Å². The molecular formula is C26H48N2O2. The van der Waals surface area contributed by atoms with Crippen LogP contribution in [0.3, 0.4) is 0 Å². The van der Waals surface area contributed by atoms with Crippen molar-refractivity contribution in [2.45, 2.75) is 117 Å². The van der Waals surface area contributed by atoms with Crippen LogP contribution in [0.2, 0.25) is 0 Å². The third-order valence-electron chi connectivity index (χ3n) is 5.65. The lowest BCUT2D eigenvalue weighted by Gasteiger charge is -2.14. The van der Waals surface area contributed by atoms with E-state index in [1.165, 1.54) is 89.9 Å². The zero-order chi connectivity index (χ0) is 21.9. The lowest BCUT2D eigenvalue weighted by Crippen LogP contribution is -2.05. The highest BCUT2D eigenvalue weighted by Gasteiger charge is 2.08. The number of benzene rings is 1. The number of nitrogens with two attached hydrogens (primary N) is 2. The van der Waals surface area contributed by atoms with Crippen molar-refractivity contribution in [2.75, 3.05) is 24.7 Å². The van der Waals surface area contributed by atoms with Gasteiger partial charge < -0.3 is 20.9 Å². The van der Waals surface area contributed by atoms with E-state index in [1.807, 2.05) is 6.07 Å². The molecule has 0 heterocycles. The second-order valence-electron chi connectivity index (χ2n) is 8.57. The van der Waals surface area contributed by atoms with E-state index in [4.69, 9.17) is 20.9 Å². The van der Waals surface area contributed by atoms with Crippen LogP contribution in [0.5, 0.6) is 11.5 Å². The minimum absolute atomic E-state index is 0.589. The number of hydrogen-bond acceptors (Lipinski definition) is 4. The molecule has 174 valence electrons. The van der Waals surface area contributed by atoms with Gasteiger partial charge in [0.1, 0.15) is 11.5 Å². The van der Waals surface area contributed by atoms with Gasteiger partial charge in [-0.3, -0.25) is 0 Å². The predicted octanol–water partition coefficient (Wildman–Crippen LogP) is 7.89. The Kier molecular flexibility index (Phi) is 16.1. The number of hydrogen-bond donors (Lipinski definition) is 2. The van der Waals surface area contributed by atoms with Crippen molar-refractivity contribution in [1.82, 2.24) is 0 Å². The SMILES string of the molecule is CCCCCCCCCCOc1cc(OCCCCCCCCCC)c(N)cc1N. The molecule has 4 heteroatoms. The summed E-state index contributed by atoms with van der Waals surface area (Å²) >= 11 is 0. The van der Waals surface area contributed by atoms with Crippen LogP contribution in [0.15, 0.2) is 12.1 Å². The van der Waals surface area contributed by atoms with Crippen molar-refractivity contribution in [3.05, 3.63) is 12.1 Å². The first-order valence-corrected chi connectivity index (χ1v) is 12.6. The van der Waals surface area contributed by atoms with Gasteiger partial charge in [-0.05, 0) is 18.9 Å². The Bertz CT molecular complexity index is 491. The summed E-state index contributed by atoms with van der Waals surface area (Å²) in [4.78, 5) is 0. The number of rotatable bonds is 20. The Labute approximate surface area is 186 Å². The molecule has 0 unspecified atom stereocenters. The third-order valence-corrected chi connectivity index (χ3v) is 5.65. The fourth-order valence-electron chi connectivity index (χ4n) is 3.68. The van der Waals surface area contributed by atoms with Gasteiger partial charge in [-0.1, -0.05) is 104 Å². The van der Waals surface area contributed by atoms with E-state index in [1.54, 1.807) is 6.07 Å². The molecule has 4 nitrogen and oxygen atoms in total. The van der Waals surface area contributed by atoms with Gasteiger partial charge in [0, 0.05) is 6.07 Å². The van der Waals surface area contributed by atoms with Crippen LogP contribution in [0.25, 0.3) is 0 Å². The van der Waals surface area contributed by atoms with Crippen molar-refractivity contribution in [3.8, 4) is 11.5 Å². The summed E-state index contributed by atoms with van der Waals surface area (Å²) < 4.78 is 11.8. The van der Waals surface area contributed by atoms with Crippen molar-refractivity contribution in [2.24, 2.45) is 0 Å². The maximum atomic E-state index is 6.08. The van der Waals surface area contributed by atoms with Crippen molar-refractivity contribution in [3.63, 3.8) is 0 Å². The summed E-state index contributed by atoms with van der Waals surface area (Å²) in [6.45, 7) is 5.90. The molecule has 0 spiro atoms. The topological polar surface area (TPSA) is 70.5 Å². The van der Waals surface area contributed by atoms with E-state index in [-0.39, 0.29) is 0 Å². The summed E-state index contributed by atoms with van der Waals surface area (Å²) in [7, 11) is 0. The average molecular weight is 421 g/mol. The predicted molar refractivity (Wildman–Crippen MR) is 131 cm³/mol. The molecule has 30 heavy (non-hydrogen) atoms. The summed E-state index contributed by atoms with van der Waals surface area (Å²) in [5, 5.41) is 0. The molecule has 0 aromatic heterocycles. The molecule has 1 aromatic rings. The van der Waals surface area contributed by atoms with E-state index in [9.17, 15) is 0 Å². The van der Waals surface area contributed by atoms with Crippen LogP contribution < -0.4 is 20.9 Å². The Morgan fingerprint density at radius 2 is 0.833 bits per heavy atom. The van der Waals surface area contributed by atoms with Gasteiger partial charge in [-0.15, -0.1) is 0 Å². The fraction of sp³-hybridized carbons (Fsp3) is 0.769. The van der Waals surface area contributed by atoms with E-state index in [2.05, 4.69) is 13.8 Å². The van der Waals surface area contributed by atoms with Crippen LogP contribution in [0, 0.1) is 0 Å². The highest BCUT2D eigenvalue weighted by atomic mass is 16.5. The normalized spacial score (nSPS) is 11.0. The molecule has 0 aliphatic carbocycles. The van der Waals surface area contributed by atoms with Gasteiger partial charge in [0.15, 0.2) is 0 Å². The zero-order valence-electron chi connectivity index (χ0n) is 19.9.